The molecule has 0 aromatic heterocycles. The molecule has 0 aliphatic carbocycles. The summed E-state index contributed by atoms with van der Waals surface area (Å²) in [7, 11) is 0. The molecule has 1 saturated heterocycles. The topological polar surface area (TPSA) is 44.8 Å². The number of halogens is 1. The van der Waals surface area contributed by atoms with Crippen molar-refractivity contribution >= 4 is 34.7 Å². The van der Waals surface area contributed by atoms with Crippen LogP contribution in [0.5, 0.6) is 0 Å². The third-order valence-corrected chi connectivity index (χ3v) is 4.74. The first kappa shape index (κ1) is 19.1. The van der Waals surface area contributed by atoms with Gasteiger partial charge in [-0.25, -0.2) is 9.18 Å². The molecule has 1 heterocycles. The van der Waals surface area contributed by atoms with Crippen LogP contribution in [0.15, 0.2) is 48.5 Å². The van der Waals surface area contributed by atoms with E-state index in [1.807, 2.05) is 6.07 Å². The third kappa shape index (κ3) is 4.95. The normalized spacial score (nSPS) is 14.0. The number of anilines is 2. The molecule has 5 nitrogen and oxygen atoms in total. The molecule has 7 heteroatoms. The van der Waals surface area contributed by atoms with Gasteiger partial charge in [0.2, 0.25) is 0 Å². The highest BCUT2D eigenvalue weighted by Gasteiger charge is 2.19. The van der Waals surface area contributed by atoms with Gasteiger partial charge in [0.25, 0.3) is 0 Å². The minimum atomic E-state index is -0.347. The van der Waals surface area contributed by atoms with Gasteiger partial charge in [0.05, 0.1) is 12.2 Å². The highest BCUT2D eigenvalue weighted by molar-refractivity contribution is 7.80. The number of rotatable bonds is 4. The third-order valence-electron chi connectivity index (χ3n) is 4.38. The number of hydrogen-bond acceptors (Lipinski definition) is 4. The maximum absolute atomic E-state index is 13.1. The molecular weight excluding hydrogens is 365 g/mol. The fourth-order valence-electron chi connectivity index (χ4n) is 2.96. The summed E-state index contributed by atoms with van der Waals surface area (Å²) in [4.78, 5) is 16.2. The number of thiocarbonyl (C=S) groups is 1. The van der Waals surface area contributed by atoms with Crippen LogP contribution in [0.3, 0.4) is 0 Å². The summed E-state index contributed by atoms with van der Waals surface area (Å²) in [5.41, 5.74) is 2.26. The van der Waals surface area contributed by atoms with E-state index in [-0.39, 0.29) is 11.8 Å². The minimum absolute atomic E-state index is 0.229. The van der Waals surface area contributed by atoms with Gasteiger partial charge in [0.15, 0.2) is 5.11 Å². The molecule has 1 N–H and O–H groups in total. The van der Waals surface area contributed by atoms with E-state index in [4.69, 9.17) is 17.0 Å². The van der Waals surface area contributed by atoms with Gasteiger partial charge >= 0.3 is 5.97 Å². The predicted molar refractivity (Wildman–Crippen MR) is 109 cm³/mol. The molecule has 0 saturated carbocycles. The Labute approximate surface area is 163 Å². The Hall–Kier alpha value is -2.67. The van der Waals surface area contributed by atoms with E-state index in [0.717, 1.165) is 37.6 Å². The Morgan fingerprint density at radius 3 is 2.52 bits per heavy atom. The van der Waals surface area contributed by atoms with Crippen molar-refractivity contribution in [1.82, 2.24) is 4.90 Å². The van der Waals surface area contributed by atoms with Crippen molar-refractivity contribution in [3.05, 3.63) is 59.9 Å². The summed E-state index contributed by atoms with van der Waals surface area (Å²) in [5.74, 6) is -0.576. The minimum Gasteiger partial charge on any atom is -0.462 e. The molecule has 0 spiro atoms. The molecule has 0 amide bonds. The summed E-state index contributed by atoms with van der Waals surface area (Å²) >= 11 is 5.52. The van der Waals surface area contributed by atoms with Crippen LogP contribution < -0.4 is 10.2 Å². The monoisotopic (exact) mass is 387 g/mol. The number of carbonyl (C=O) groups excluding carboxylic acids is 1. The molecule has 3 rings (SSSR count). The molecule has 1 aliphatic heterocycles. The molecular formula is C20H22FN3O2S. The average molecular weight is 387 g/mol. The Bertz CT molecular complexity index is 805. The molecule has 142 valence electrons. The van der Waals surface area contributed by atoms with Gasteiger partial charge in [-0.3, -0.25) is 0 Å². The van der Waals surface area contributed by atoms with Gasteiger partial charge in [-0.15, -0.1) is 0 Å². The number of hydrogen-bond donors (Lipinski definition) is 1. The number of ether oxygens (including phenoxy) is 1. The van der Waals surface area contributed by atoms with Gasteiger partial charge in [-0.05, 0) is 61.6 Å². The van der Waals surface area contributed by atoms with E-state index in [1.165, 1.54) is 12.1 Å². The van der Waals surface area contributed by atoms with Crippen molar-refractivity contribution in [3.8, 4) is 0 Å². The van der Waals surface area contributed by atoms with E-state index >= 15 is 0 Å². The molecule has 2 aromatic carbocycles. The zero-order chi connectivity index (χ0) is 19.2. The zero-order valence-corrected chi connectivity index (χ0v) is 16.0. The lowest BCUT2D eigenvalue weighted by Gasteiger charge is -2.37. The summed E-state index contributed by atoms with van der Waals surface area (Å²) < 4.78 is 18.1. The number of esters is 1. The predicted octanol–water partition coefficient (Wildman–Crippen LogP) is 3.52. The van der Waals surface area contributed by atoms with Gasteiger partial charge in [0, 0.05) is 37.6 Å². The van der Waals surface area contributed by atoms with E-state index in [1.54, 1.807) is 37.3 Å². The van der Waals surface area contributed by atoms with Crippen molar-refractivity contribution in [2.24, 2.45) is 0 Å². The molecule has 0 bridgehead atoms. The lowest BCUT2D eigenvalue weighted by Crippen LogP contribution is -2.50. The summed E-state index contributed by atoms with van der Waals surface area (Å²) in [6.07, 6.45) is 0. The number of nitrogens with zero attached hydrogens (tertiary/aromatic N) is 2. The maximum atomic E-state index is 13.1. The molecule has 0 unspecified atom stereocenters. The Morgan fingerprint density at radius 2 is 1.85 bits per heavy atom. The molecule has 1 fully saturated rings. The van der Waals surface area contributed by atoms with E-state index in [0.29, 0.717) is 17.3 Å². The van der Waals surface area contributed by atoms with E-state index in [2.05, 4.69) is 15.1 Å². The molecule has 2 aromatic rings. The van der Waals surface area contributed by atoms with E-state index < -0.39 is 0 Å². The largest absolute Gasteiger partial charge is 0.462 e. The first-order valence-electron chi connectivity index (χ1n) is 8.90. The van der Waals surface area contributed by atoms with Crippen LogP contribution in [0.2, 0.25) is 0 Å². The van der Waals surface area contributed by atoms with Gasteiger partial charge in [0.1, 0.15) is 5.82 Å². The van der Waals surface area contributed by atoms with Gasteiger partial charge in [-0.2, -0.15) is 0 Å². The first-order valence-corrected chi connectivity index (χ1v) is 9.31. The molecule has 1 aliphatic rings. The number of piperazine rings is 1. The van der Waals surface area contributed by atoms with Crippen LogP contribution in [-0.2, 0) is 4.74 Å². The highest BCUT2D eigenvalue weighted by Crippen LogP contribution is 2.18. The maximum Gasteiger partial charge on any atom is 0.338 e. The fraction of sp³-hybridized carbons (Fsp3) is 0.300. The Morgan fingerprint density at radius 1 is 1.15 bits per heavy atom. The van der Waals surface area contributed by atoms with Crippen molar-refractivity contribution in [2.45, 2.75) is 6.92 Å². The van der Waals surface area contributed by atoms with Crippen LogP contribution in [-0.4, -0.2) is 48.8 Å². The van der Waals surface area contributed by atoms with Crippen LogP contribution in [0.4, 0.5) is 15.8 Å². The molecule has 27 heavy (non-hydrogen) atoms. The second kappa shape index (κ2) is 8.81. The molecule has 0 radical (unpaired) electrons. The van der Waals surface area contributed by atoms with Crippen LogP contribution in [0, 0.1) is 5.82 Å². The highest BCUT2D eigenvalue weighted by atomic mass is 32.1. The van der Waals surface area contributed by atoms with Crippen molar-refractivity contribution < 1.29 is 13.9 Å². The van der Waals surface area contributed by atoms with Gasteiger partial charge < -0.3 is 19.9 Å². The lowest BCUT2D eigenvalue weighted by atomic mass is 10.2. The molecule has 0 atom stereocenters. The smallest absolute Gasteiger partial charge is 0.338 e. The van der Waals surface area contributed by atoms with Crippen molar-refractivity contribution in [1.29, 1.82) is 0 Å². The Kier molecular flexibility index (Phi) is 6.24. The van der Waals surface area contributed by atoms with Crippen LogP contribution in [0.25, 0.3) is 0 Å². The van der Waals surface area contributed by atoms with Crippen LogP contribution >= 0.6 is 12.2 Å². The van der Waals surface area contributed by atoms with Crippen LogP contribution in [0.1, 0.15) is 17.3 Å². The number of nitrogens with one attached hydrogen (secondary N) is 1. The van der Waals surface area contributed by atoms with Crippen molar-refractivity contribution in [3.63, 3.8) is 0 Å². The average Bonchev–Trinajstić information content (AvgIpc) is 2.69. The second-order valence-electron chi connectivity index (χ2n) is 6.18. The van der Waals surface area contributed by atoms with Gasteiger partial charge in [-0.1, -0.05) is 6.07 Å². The lowest BCUT2D eigenvalue weighted by molar-refractivity contribution is 0.0526. The summed E-state index contributed by atoms with van der Waals surface area (Å²) in [5, 5.41) is 3.81. The SMILES string of the molecule is CCOC(=O)c1cccc(NC(=S)N2CCN(c3ccc(F)cc3)CC2)c1. The summed E-state index contributed by atoms with van der Waals surface area (Å²) in [6.45, 7) is 5.25. The zero-order valence-electron chi connectivity index (χ0n) is 15.2. The Balaban J connectivity index is 1.56. The first-order chi connectivity index (χ1) is 13.1. The van der Waals surface area contributed by atoms with E-state index in [9.17, 15) is 9.18 Å². The van der Waals surface area contributed by atoms with Crippen molar-refractivity contribution in [2.75, 3.05) is 43.0 Å². The quantitative estimate of drug-likeness (QED) is 0.640. The fourth-order valence-corrected chi connectivity index (χ4v) is 3.26. The standard InChI is InChI=1S/C20H22FN3O2S/c1-2-26-19(25)15-4-3-5-17(14-15)22-20(27)24-12-10-23(11-13-24)18-8-6-16(21)7-9-18/h3-9,14H,2,10-13H2,1H3,(H,22,27). The number of benzene rings is 2. The summed E-state index contributed by atoms with van der Waals surface area (Å²) in [6, 6.07) is 13.7. The second-order valence-corrected chi connectivity index (χ2v) is 6.57. The number of carbonyl (C=O) groups is 1.